The first-order chi connectivity index (χ1) is 16.0. The smallest absolute Gasteiger partial charge is 0.410 e. The maximum Gasteiger partial charge on any atom is 0.410 e. The molecule has 34 heavy (non-hydrogen) atoms. The number of piperazine rings is 1. The minimum Gasteiger partial charge on any atom is -0.446 e. The normalized spacial score (nSPS) is 39.3. The summed E-state index contributed by atoms with van der Waals surface area (Å²) in [5.41, 5.74) is 0. The second kappa shape index (κ2) is 10.4. The predicted octanol–water partition coefficient (Wildman–Crippen LogP) is 4.40. The van der Waals surface area contributed by atoms with Crippen LogP contribution in [0.1, 0.15) is 91.4 Å². The van der Waals surface area contributed by atoms with Gasteiger partial charge in [0.25, 0.3) is 0 Å². The van der Waals surface area contributed by atoms with E-state index < -0.39 is 9.84 Å². The number of ether oxygens (including phenoxy) is 1. The molecule has 0 radical (unpaired) electrons. The molecule has 4 atom stereocenters. The van der Waals surface area contributed by atoms with Gasteiger partial charge in [-0.2, -0.15) is 0 Å². The summed E-state index contributed by atoms with van der Waals surface area (Å²) in [7, 11) is -2.97. The Morgan fingerprint density at radius 2 is 1.44 bits per heavy atom. The molecule has 8 heteroatoms. The van der Waals surface area contributed by atoms with E-state index in [9.17, 15) is 18.0 Å². The molecule has 0 aromatic rings. The Balaban J connectivity index is 1.46. The van der Waals surface area contributed by atoms with Gasteiger partial charge < -0.3 is 14.5 Å². The lowest BCUT2D eigenvalue weighted by molar-refractivity contribution is -0.143. The van der Waals surface area contributed by atoms with Crippen LogP contribution in [0.5, 0.6) is 0 Å². The van der Waals surface area contributed by atoms with Crippen LogP contribution in [-0.4, -0.2) is 72.5 Å². The van der Waals surface area contributed by atoms with E-state index in [0.717, 1.165) is 70.6 Å². The third-order valence-electron chi connectivity index (χ3n) is 9.33. The summed E-state index contributed by atoms with van der Waals surface area (Å²) in [6, 6.07) is 0.0182. The third-order valence-corrected chi connectivity index (χ3v) is 11.0. The third kappa shape index (κ3) is 5.57. The number of nitrogens with zero attached hydrogens (tertiary/aromatic N) is 2. The first-order valence-electron chi connectivity index (χ1n) is 13.5. The summed E-state index contributed by atoms with van der Waals surface area (Å²) < 4.78 is 30.0. The van der Waals surface area contributed by atoms with Crippen LogP contribution in [0.15, 0.2) is 0 Å². The number of hydrogen-bond donors (Lipinski definition) is 0. The molecular weight excluding hydrogens is 452 g/mol. The zero-order valence-electron chi connectivity index (χ0n) is 21.4. The van der Waals surface area contributed by atoms with Gasteiger partial charge in [-0.1, -0.05) is 6.92 Å². The fourth-order valence-corrected chi connectivity index (χ4v) is 8.51. The Hall–Kier alpha value is -1.31. The van der Waals surface area contributed by atoms with E-state index in [0.29, 0.717) is 24.3 Å². The summed E-state index contributed by atoms with van der Waals surface area (Å²) in [6.07, 6.45) is 11.5. The van der Waals surface area contributed by atoms with E-state index in [-0.39, 0.29) is 41.5 Å². The van der Waals surface area contributed by atoms with E-state index >= 15 is 0 Å². The molecule has 0 aromatic carbocycles. The van der Waals surface area contributed by atoms with Crippen LogP contribution in [0.2, 0.25) is 0 Å². The summed E-state index contributed by atoms with van der Waals surface area (Å²) in [4.78, 5) is 29.9. The average molecular weight is 497 g/mol. The van der Waals surface area contributed by atoms with Crippen molar-refractivity contribution in [1.82, 2.24) is 9.80 Å². The quantitative estimate of drug-likeness (QED) is 0.578. The van der Waals surface area contributed by atoms with Gasteiger partial charge in [0, 0.05) is 25.8 Å². The molecule has 3 saturated carbocycles. The first-order valence-corrected chi connectivity index (χ1v) is 15.4. The van der Waals surface area contributed by atoms with Crippen molar-refractivity contribution in [3.05, 3.63) is 0 Å². The van der Waals surface area contributed by atoms with Gasteiger partial charge in [-0.15, -0.1) is 0 Å². The number of sulfone groups is 1. The van der Waals surface area contributed by atoms with Crippen molar-refractivity contribution in [2.24, 2.45) is 17.8 Å². The molecule has 2 amide bonds. The Labute approximate surface area is 205 Å². The van der Waals surface area contributed by atoms with Gasteiger partial charge in [0.2, 0.25) is 5.91 Å². The highest BCUT2D eigenvalue weighted by Gasteiger charge is 2.48. The number of rotatable bonds is 3. The highest BCUT2D eigenvalue weighted by Crippen LogP contribution is 2.43. The SMILES string of the molecule is CC(=O)N1C2CCC(C3CCC(S(C)(=O)=O)CC3)CC2N(C(=O)OC2CCC(C)CC2)C[C@@H]1C. The second-order valence-electron chi connectivity index (χ2n) is 11.8. The lowest BCUT2D eigenvalue weighted by atomic mass is 9.69. The fourth-order valence-electron chi connectivity index (χ4n) is 7.38. The zero-order valence-corrected chi connectivity index (χ0v) is 22.3. The topological polar surface area (TPSA) is 84.0 Å². The minimum absolute atomic E-state index is 0.00829. The number of hydrogen-bond acceptors (Lipinski definition) is 5. The van der Waals surface area contributed by atoms with Crippen molar-refractivity contribution < 1.29 is 22.7 Å². The monoisotopic (exact) mass is 496 g/mol. The van der Waals surface area contributed by atoms with Gasteiger partial charge in [0.15, 0.2) is 0 Å². The van der Waals surface area contributed by atoms with Crippen molar-refractivity contribution >= 4 is 21.8 Å². The molecule has 194 valence electrons. The second-order valence-corrected chi connectivity index (χ2v) is 14.1. The Morgan fingerprint density at radius 3 is 2.03 bits per heavy atom. The summed E-state index contributed by atoms with van der Waals surface area (Å²) in [5.74, 6) is 1.76. The van der Waals surface area contributed by atoms with E-state index in [1.54, 1.807) is 6.92 Å². The van der Waals surface area contributed by atoms with Gasteiger partial charge in [0.1, 0.15) is 15.9 Å². The molecule has 4 rings (SSSR count). The molecule has 1 aliphatic heterocycles. The molecule has 0 N–H and O–H groups in total. The summed E-state index contributed by atoms with van der Waals surface area (Å²) in [5, 5.41) is -0.200. The molecule has 0 aromatic heterocycles. The van der Waals surface area contributed by atoms with Crippen LogP contribution in [0, 0.1) is 17.8 Å². The Kier molecular flexibility index (Phi) is 7.85. The average Bonchev–Trinajstić information content (AvgIpc) is 2.79. The number of carbonyl (C=O) groups excluding carboxylic acids is 2. The minimum atomic E-state index is -2.97. The fraction of sp³-hybridized carbons (Fsp3) is 0.923. The zero-order chi connectivity index (χ0) is 24.6. The Morgan fingerprint density at radius 1 is 0.824 bits per heavy atom. The van der Waals surface area contributed by atoms with E-state index in [1.165, 1.54) is 6.26 Å². The molecule has 0 bridgehead atoms. The standard InChI is InChI=1S/C26H44N2O5S/c1-17-5-10-22(11-6-17)33-26(30)27-16-18(2)28(19(3)29)24-14-9-21(15-25(24)27)20-7-12-23(13-8-20)34(4,31)32/h17-18,20-25H,5-16H2,1-4H3/t17?,18-,20?,21?,22?,23?,24?,25?/m0/s1. The molecule has 3 aliphatic carbocycles. The van der Waals surface area contributed by atoms with Crippen LogP contribution in [0.25, 0.3) is 0 Å². The first kappa shape index (κ1) is 25.8. The van der Waals surface area contributed by atoms with Crippen molar-refractivity contribution in [3.8, 4) is 0 Å². The Bertz CT molecular complexity index is 845. The van der Waals surface area contributed by atoms with Crippen LogP contribution in [-0.2, 0) is 19.4 Å². The lowest BCUT2D eigenvalue weighted by Crippen LogP contribution is -2.67. The maximum atomic E-state index is 13.4. The highest BCUT2D eigenvalue weighted by molar-refractivity contribution is 7.91. The van der Waals surface area contributed by atoms with Gasteiger partial charge in [-0.05, 0) is 95.3 Å². The van der Waals surface area contributed by atoms with Gasteiger partial charge in [-0.25, -0.2) is 13.2 Å². The van der Waals surface area contributed by atoms with Crippen molar-refractivity contribution in [1.29, 1.82) is 0 Å². The van der Waals surface area contributed by atoms with Crippen molar-refractivity contribution in [2.45, 2.75) is 121 Å². The van der Waals surface area contributed by atoms with Crippen LogP contribution >= 0.6 is 0 Å². The summed E-state index contributed by atoms with van der Waals surface area (Å²) in [6.45, 7) is 6.47. The predicted molar refractivity (Wildman–Crippen MR) is 132 cm³/mol. The number of fused-ring (bicyclic) bond motifs is 1. The largest absolute Gasteiger partial charge is 0.446 e. The van der Waals surface area contributed by atoms with Crippen LogP contribution in [0.3, 0.4) is 0 Å². The molecule has 3 unspecified atom stereocenters. The van der Waals surface area contributed by atoms with Gasteiger partial charge in [0.05, 0.1) is 17.3 Å². The van der Waals surface area contributed by atoms with E-state index in [1.807, 2.05) is 16.7 Å². The lowest BCUT2D eigenvalue weighted by Gasteiger charge is -2.54. The molecule has 0 spiro atoms. The maximum absolute atomic E-state index is 13.4. The van der Waals surface area contributed by atoms with Gasteiger partial charge >= 0.3 is 6.09 Å². The van der Waals surface area contributed by atoms with Crippen LogP contribution < -0.4 is 0 Å². The molecule has 1 heterocycles. The molecular formula is C26H44N2O5S. The molecule has 1 saturated heterocycles. The molecule has 4 aliphatic rings. The van der Waals surface area contributed by atoms with E-state index in [4.69, 9.17) is 4.74 Å². The number of amides is 2. The van der Waals surface area contributed by atoms with Crippen molar-refractivity contribution in [2.75, 3.05) is 12.8 Å². The number of carbonyl (C=O) groups is 2. The van der Waals surface area contributed by atoms with Gasteiger partial charge in [-0.3, -0.25) is 4.79 Å². The van der Waals surface area contributed by atoms with E-state index in [2.05, 4.69) is 6.92 Å². The molecule has 4 fully saturated rings. The summed E-state index contributed by atoms with van der Waals surface area (Å²) >= 11 is 0. The van der Waals surface area contributed by atoms with Crippen LogP contribution in [0.4, 0.5) is 4.79 Å². The highest BCUT2D eigenvalue weighted by atomic mass is 32.2. The van der Waals surface area contributed by atoms with Crippen molar-refractivity contribution in [3.63, 3.8) is 0 Å². The molecule has 7 nitrogen and oxygen atoms in total.